The first-order chi connectivity index (χ1) is 21.1. The molecule has 1 rings (SSSR count). The molecule has 0 heterocycles. The highest BCUT2D eigenvalue weighted by atomic mass is 16.6. The maximum atomic E-state index is 13.1. The molecular formula is C34H56N4O8. The van der Waals surface area contributed by atoms with Crippen LogP contribution < -0.4 is 21.7 Å². The molecule has 0 fully saturated rings. The van der Waals surface area contributed by atoms with Crippen molar-refractivity contribution in [1.82, 2.24) is 16.0 Å². The molecule has 1 aromatic rings. The first-order valence-corrected chi connectivity index (χ1v) is 15.9. The predicted molar refractivity (Wildman–Crippen MR) is 176 cm³/mol. The average Bonchev–Trinajstić information content (AvgIpc) is 2.88. The van der Waals surface area contributed by atoms with Crippen LogP contribution in [-0.4, -0.2) is 71.3 Å². The molecule has 12 nitrogen and oxygen atoms in total. The van der Waals surface area contributed by atoms with Crippen LogP contribution in [-0.2, 0) is 39.8 Å². The second kappa shape index (κ2) is 17.9. The van der Waals surface area contributed by atoms with E-state index in [9.17, 15) is 24.0 Å². The van der Waals surface area contributed by atoms with E-state index in [0.29, 0.717) is 25.8 Å². The summed E-state index contributed by atoms with van der Waals surface area (Å²) in [7, 11) is 0. The highest BCUT2D eigenvalue weighted by molar-refractivity contribution is 5.87. The number of hydrogen-bond donors (Lipinski definition) is 4. The largest absolute Gasteiger partial charge is 0.460 e. The number of carbonyl (C=O) groups excluding carboxylic acids is 5. The van der Waals surface area contributed by atoms with E-state index >= 15 is 0 Å². The third kappa shape index (κ3) is 17.7. The zero-order valence-electron chi connectivity index (χ0n) is 29.3. The van der Waals surface area contributed by atoms with E-state index in [0.717, 1.165) is 11.1 Å². The fourth-order valence-electron chi connectivity index (χ4n) is 4.24. The molecule has 0 saturated heterocycles. The van der Waals surface area contributed by atoms with Crippen molar-refractivity contribution in [3.05, 3.63) is 35.4 Å². The maximum Gasteiger partial charge on any atom is 0.329 e. The average molecular weight is 649 g/mol. The zero-order chi connectivity index (χ0) is 35.3. The molecule has 46 heavy (non-hydrogen) atoms. The molecule has 0 radical (unpaired) electrons. The van der Waals surface area contributed by atoms with E-state index in [4.69, 9.17) is 19.9 Å². The van der Waals surface area contributed by atoms with Crippen LogP contribution in [0.25, 0.3) is 0 Å². The number of rotatable bonds is 15. The first-order valence-electron chi connectivity index (χ1n) is 15.9. The Balaban J connectivity index is 2.82. The molecule has 12 heteroatoms. The number of ether oxygens (including phenoxy) is 3. The summed E-state index contributed by atoms with van der Waals surface area (Å²) in [5, 5.41) is 7.98. The van der Waals surface area contributed by atoms with Gasteiger partial charge in [0, 0.05) is 13.0 Å². The van der Waals surface area contributed by atoms with Crippen molar-refractivity contribution in [2.24, 2.45) is 5.73 Å². The molecule has 0 spiro atoms. The minimum atomic E-state index is -1.18. The summed E-state index contributed by atoms with van der Waals surface area (Å²) in [6.07, 6.45) is 1.40. The predicted octanol–water partition coefficient (Wildman–Crippen LogP) is 3.99. The summed E-state index contributed by atoms with van der Waals surface area (Å²) in [4.78, 5) is 63.8. The number of carbonyl (C=O) groups is 5. The Morgan fingerprint density at radius 1 is 0.739 bits per heavy atom. The normalized spacial score (nSPS) is 13.9. The highest BCUT2D eigenvalue weighted by Gasteiger charge is 2.31. The van der Waals surface area contributed by atoms with Crippen molar-refractivity contribution < 1.29 is 38.2 Å². The van der Waals surface area contributed by atoms with Gasteiger partial charge in [0.2, 0.25) is 5.91 Å². The molecular weight excluding hydrogens is 592 g/mol. The summed E-state index contributed by atoms with van der Waals surface area (Å²) >= 11 is 0. The van der Waals surface area contributed by atoms with Gasteiger partial charge >= 0.3 is 23.9 Å². The van der Waals surface area contributed by atoms with Gasteiger partial charge in [-0.05, 0) is 112 Å². The Bertz CT molecular complexity index is 1180. The molecule has 0 aliphatic rings. The van der Waals surface area contributed by atoms with Gasteiger partial charge in [0.05, 0.1) is 6.04 Å². The molecule has 0 unspecified atom stereocenters. The third-order valence-corrected chi connectivity index (χ3v) is 6.31. The summed E-state index contributed by atoms with van der Waals surface area (Å²) < 4.78 is 16.3. The molecule has 3 amide bonds. The Morgan fingerprint density at radius 2 is 1.24 bits per heavy atom. The highest BCUT2D eigenvalue weighted by Crippen LogP contribution is 2.15. The Kier molecular flexibility index (Phi) is 15.7. The summed E-state index contributed by atoms with van der Waals surface area (Å²) in [6, 6.07) is 4.04. The second-order valence-electron chi connectivity index (χ2n) is 14.4. The van der Waals surface area contributed by atoms with E-state index in [1.165, 1.54) is 0 Å². The van der Waals surface area contributed by atoms with Crippen LogP contribution in [0.1, 0.15) is 106 Å². The number of amides is 3. The van der Waals surface area contributed by atoms with Gasteiger partial charge in [0.25, 0.3) is 0 Å². The van der Waals surface area contributed by atoms with E-state index in [2.05, 4.69) is 16.0 Å². The Hall–Kier alpha value is -3.67. The van der Waals surface area contributed by atoms with E-state index in [1.54, 1.807) is 62.3 Å². The van der Waals surface area contributed by atoms with Crippen molar-refractivity contribution in [3.63, 3.8) is 0 Å². The number of unbranched alkanes of at least 4 members (excludes halogenated alkanes) is 1. The lowest BCUT2D eigenvalue weighted by Crippen LogP contribution is -2.53. The molecule has 0 aliphatic heterocycles. The Morgan fingerprint density at radius 3 is 1.74 bits per heavy atom. The van der Waals surface area contributed by atoms with Crippen molar-refractivity contribution in [2.75, 3.05) is 6.54 Å². The standard InChI is InChI=1S/C34H56N4O8/c1-22-15-11-12-16-23(22)21-24(35)28(40)36-20-14-13-17-25(29(41)45-33(5,6)7)37-31(43)38-26(30(42)46-34(8,9)10)18-19-27(39)44-32(2,3)4/h11-12,15-16,24-26H,13-14,17-21,35H2,1-10H3,(H,36,40)(H2,37,38,43)/t24-,25-,26-/m0/s1. The minimum absolute atomic E-state index is 0.0694. The van der Waals surface area contributed by atoms with Gasteiger partial charge in [-0.3, -0.25) is 9.59 Å². The van der Waals surface area contributed by atoms with E-state index in [-0.39, 0.29) is 25.2 Å². The lowest BCUT2D eigenvalue weighted by atomic mass is 10.0. The molecule has 0 saturated carbocycles. The van der Waals surface area contributed by atoms with Gasteiger partial charge in [-0.25, -0.2) is 14.4 Å². The fourth-order valence-corrected chi connectivity index (χ4v) is 4.24. The number of urea groups is 1. The minimum Gasteiger partial charge on any atom is -0.460 e. The summed E-state index contributed by atoms with van der Waals surface area (Å²) in [5.74, 6) is -2.17. The second-order valence-corrected chi connectivity index (χ2v) is 14.4. The van der Waals surface area contributed by atoms with Crippen molar-refractivity contribution in [1.29, 1.82) is 0 Å². The van der Waals surface area contributed by atoms with Crippen LogP contribution in [0, 0.1) is 6.92 Å². The van der Waals surface area contributed by atoms with Crippen molar-refractivity contribution in [3.8, 4) is 0 Å². The summed E-state index contributed by atoms with van der Waals surface area (Å²) in [6.45, 7) is 17.7. The number of esters is 3. The number of nitrogens with one attached hydrogen (secondary N) is 3. The van der Waals surface area contributed by atoms with Crippen LogP contribution in [0.4, 0.5) is 4.79 Å². The monoisotopic (exact) mass is 648 g/mol. The molecule has 5 N–H and O–H groups in total. The molecule has 0 bridgehead atoms. The fraction of sp³-hybridized carbons (Fsp3) is 0.676. The van der Waals surface area contributed by atoms with Crippen molar-refractivity contribution >= 4 is 29.8 Å². The van der Waals surface area contributed by atoms with Crippen LogP contribution in [0.2, 0.25) is 0 Å². The quantitative estimate of drug-likeness (QED) is 0.124. The van der Waals surface area contributed by atoms with Gasteiger partial charge in [-0.2, -0.15) is 0 Å². The molecule has 3 atom stereocenters. The zero-order valence-corrected chi connectivity index (χ0v) is 29.3. The molecule has 0 aromatic heterocycles. The smallest absolute Gasteiger partial charge is 0.329 e. The number of benzene rings is 1. The van der Waals surface area contributed by atoms with Gasteiger partial charge in [-0.1, -0.05) is 24.3 Å². The lowest BCUT2D eigenvalue weighted by molar-refractivity contribution is -0.159. The van der Waals surface area contributed by atoms with Gasteiger partial charge in [0.1, 0.15) is 28.9 Å². The van der Waals surface area contributed by atoms with Gasteiger partial charge in [0.15, 0.2) is 0 Å². The number of nitrogens with two attached hydrogens (primary N) is 1. The maximum absolute atomic E-state index is 13.1. The number of aryl methyl sites for hydroxylation is 1. The van der Waals surface area contributed by atoms with Gasteiger partial charge < -0.3 is 35.9 Å². The first kappa shape index (κ1) is 40.4. The van der Waals surface area contributed by atoms with Crippen LogP contribution in [0.15, 0.2) is 24.3 Å². The van der Waals surface area contributed by atoms with Crippen LogP contribution in [0.3, 0.4) is 0 Å². The Labute approximate surface area is 274 Å². The van der Waals surface area contributed by atoms with Crippen LogP contribution >= 0.6 is 0 Å². The molecule has 260 valence electrons. The van der Waals surface area contributed by atoms with E-state index < -0.39 is 58.9 Å². The molecule has 1 aromatic carbocycles. The SMILES string of the molecule is Cc1ccccc1C[C@H](N)C(=O)NCCCC[C@H](NC(=O)N[C@@H](CCC(=O)OC(C)(C)C)C(=O)OC(C)(C)C)C(=O)OC(C)(C)C. The number of hydrogen-bond acceptors (Lipinski definition) is 9. The topological polar surface area (TPSA) is 175 Å². The third-order valence-electron chi connectivity index (χ3n) is 6.31. The van der Waals surface area contributed by atoms with E-state index in [1.807, 2.05) is 31.2 Å². The van der Waals surface area contributed by atoms with Gasteiger partial charge in [-0.15, -0.1) is 0 Å². The van der Waals surface area contributed by atoms with Crippen molar-refractivity contribution in [2.45, 2.75) is 143 Å². The summed E-state index contributed by atoms with van der Waals surface area (Å²) in [5.41, 5.74) is 5.83. The lowest BCUT2D eigenvalue weighted by Gasteiger charge is -2.27. The molecule has 0 aliphatic carbocycles. The van der Waals surface area contributed by atoms with Crippen LogP contribution in [0.5, 0.6) is 0 Å².